The fourth-order valence-corrected chi connectivity index (χ4v) is 4.57. The van der Waals surface area contributed by atoms with E-state index >= 15 is 0 Å². The van der Waals surface area contributed by atoms with Gasteiger partial charge in [0.1, 0.15) is 0 Å². The molecule has 6 heteroatoms. The molecule has 2 aliphatic rings. The van der Waals surface area contributed by atoms with Crippen molar-refractivity contribution in [3.05, 3.63) is 58.9 Å². The molecule has 0 aliphatic carbocycles. The number of hydrogen-bond acceptors (Lipinski definition) is 4. The van der Waals surface area contributed by atoms with Gasteiger partial charge in [0.2, 0.25) is 0 Å². The molecular weight excluding hydrogens is 386 g/mol. The van der Waals surface area contributed by atoms with Gasteiger partial charge in [-0.15, -0.1) is 12.4 Å². The standard InChI is InChI=1S/C23H27N3O2.ClH/c1-16-17(2)26(12-9-21-27-13-14-28-21)23-20(7-10-24-22(16)23)25-11-8-18-5-3-4-6-19(18)15-25;/h3-7,10,21H,8-9,11-15H2,1-2H3;1H. The van der Waals surface area contributed by atoms with E-state index in [4.69, 9.17) is 14.5 Å². The maximum atomic E-state index is 5.66. The Hall–Kier alpha value is -2.08. The van der Waals surface area contributed by atoms with Crippen LogP contribution in [-0.4, -0.2) is 35.6 Å². The molecule has 1 saturated heterocycles. The largest absolute Gasteiger partial charge is 0.365 e. The third kappa shape index (κ3) is 3.63. The monoisotopic (exact) mass is 413 g/mol. The van der Waals surface area contributed by atoms with Crippen LogP contribution in [0.2, 0.25) is 0 Å². The molecular formula is C23H28ClN3O2. The molecule has 0 radical (unpaired) electrons. The average Bonchev–Trinajstić information content (AvgIpc) is 3.34. The summed E-state index contributed by atoms with van der Waals surface area (Å²) >= 11 is 0. The van der Waals surface area contributed by atoms with Gasteiger partial charge in [-0.25, -0.2) is 0 Å². The van der Waals surface area contributed by atoms with Crippen LogP contribution in [0, 0.1) is 13.8 Å². The highest BCUT2D eigenvalue weighted by atomic mass is 35.5. The van der Waals surface area contributed by atoms with Crippen LogP contribution >= 0.6 is 12.4 Å². The van der Waals surface area contributed by atoms with Gasteiger partial charge in [0, 0.05) is 37.9 Å². The first-order chi connectivity index (χ1) is 13.7. The van der Waals surface area contributed by atoms with E-state index in [-0.39, 0.29) is 18.7 Å². The summed E-state index contributed by atoms with van der Waals surface area (Å²) in [4.78, 5) is 7.24. The van der Waals surface area contributed by atoms with Gasteiger partial charge in [-0.2, -0.15) is 0 Å². The highest BCUT2D eigenvalue weighted by Crippen LogP contribution is 2.34. The molecule has 2 aliphatic heterocycles. The second kappa shape index (κ2) is 8.34. The summed E-state index contributed by atoms with van der Waals surface area (Å²) in [6, 6.07) is 11.0. The summed E-state index contributed by atoms with van der Waals surface area (Å²) < 4.78 is 13.7. The minimum atomic E-state index is -0.0841. The second-order valence-electron chi connectivity index (χ2n) is 7.79. The lowest BCUT2D eigenvalue weighted by atomic mass is 9.99. The van der Waals surface area contributed by atoms with Crippen molar-refractivity contribution in [2.45, 2.75) is 46.1 Å². The quantitative estimate of drug-likeness (QED) is 0.635. The third-order valence-corrected chi connectivity index (χ3v) is 6.23. The van der Waals surface area contributed by atoms with Crippen molar-refractivity contribution in [2.24, 2.45) is 0 Å². The molecule has 1 fully saturated rings. The maximum Gasteiger partial charge on any atom is 0.159 e. The van der Waals surface area contributed by atoms with Crippen LogP contribution in [0.25, 0.3) is 11.0 Å². The number of halogens is 1. The number of ether oxygens (including phenoxy) is 2. The van der Waals surface area contributed by atoms with E-state index in [0.717, 1.165) is 38.0 Å². The van der Waals surface area contributed by atoms with E-state index in [1.807, 2.05) is 6.20 Å². The van der Waals surface area contributed by atoms with Gasteiger partial charge in [0.15, 0.2) is 6.29 Å². The zero-order chi connectivity index (χ0) is 19.1. The Morgan fingerprint density at radius 2 is 1.83 bits per heavy atom. The van der Waals surface area contributed by atoms with Crippen LogP contribution in [0.5, 0.6) is 0 Å². The predicted molar refractivity (Wildman–Crippen MR) is 118 cm³/mol. The average molecular weight is 414 g/mol. The number of benzene rings is 1. The first kappa shape index (κ1) is 20.2. The molecule has 0 spiro atoms. The summed E-state index contributed by atoms with van der Waals surface area (Å²) in [5, 5.41) is 0. The summed E-state index contributed by atoms with van der Waals surface area (Å²) in [7, 11) is 0. The molecule has 0 unspecified atom stereocenters. The van der Waals surface area contributed by atoms with Gasteiger partial charge in [-0.05, 0) is 43.0 Å². The lowest BCUT2D eigenvalue weighted by Gasteiger charge is -2.31. The molecule has 154 valence electrons. The summed E-state index contributed by atoms with van der Waals surface area (Å²) in [6.07, 6.45) is 3.82. The number of fused-ring (bicyclic) bond motifs is 2. The van der Waals surface area contributed by atoms with Crippen molar-refractivity contribution >= 4 is 29.1 Å². The van der Waals surface area contributed by atoms with E-state index < -0.39 is 0 Å². The lowest BCUT2D eigenvalue weighted by molar-refractivity contribution is -0.0489. The van der Waals surface area contributed by atoms with Crippen LogP contribution in [0.1, 0.15) is 28.8 Å². The van der Waals surface area contributed by atoms with E-state index in [1.54, 1.807) is 0 Å². The van der Waals surface area contributed by atoms with Crippen molar-refractivity contribution in [2.75, 3.05) is 24.7 Å². The Morgan fingerprint density at radius 1 is 1.07 bits per heavy atom. The van der Waals surface area contributed by atoms with Crippen LogP contribution in [-0.2, 0) is 29.0 Å². The summed E-state index contributed by atoms with van der Waals surface area (Å²) in [6.45, 7) is 8.65. The predicted octanol–water partition coefficient (Wildman–Crippen LogP) is 4.40. The lowest BCUT2D eigenvalue weighted by Crippen LogP contribution is -2.30. The van der Waals surface area contributed by atoms with Gasteiger partial charge >= 0.3 is 0 Å². The Bertz CT molecular complexity index is 1010. The molecule has 5 nitrogen and oxygen atoms in total. The number of aryl methyl sites for hydroxylation is 2. The molecule has 0 bridgehead atoms. The van der Waals surface area contributed by atoms with Crippen LogP contribution < -0.4 is 4.90 Å². The van der Waals surface area contributed by atoms with E-state index in [2.05, 4.69) is 53.6 Å². The minimum Gasteiger partial charge on any atom is -0.365 e. The SMILES string of the molecule is Cc1c(C)n(CCC2OCCO2)c2c(N3CCc4ccccc4C3)ccnc12.Cl. The zero-order valence-corrected chi connectivity index (χ0v) is 17.9. The molecule has 4 heterocycles. The van der Waals surface area contributed by atoms with Crippen LogP contribution in [0.4, 0.5) is 5.69 Å². The molecule has 0 saturated carbocycles. The van der Waals surface area contributed by atoms with Gasteiger partial charge < -0.3 is 18.9 Å². The Kier molecular flexibility index (Phi) is 5.81. The van der Waals surface area contributed by atoms with Gasteiger partial charge in [-0.3, -0.25) is 4.98 Å². The highest BCUT2D eigenvalue weighted by Gasteiger charge is 2.23. The minimum absolute atomic E-state index is 0. The molecule has 0 amide bonds. The zero-order valence-electron chi connectivity index (χ0n) is 17.1. The fraction of sp³-hybridized carbons (Fsp3) is 0.435. The van der Waals surface area contributed by atoms with Crippen molar-refractivity contribution in [1.82, 2.24) is 9.55 Å². The van der Waals surface area contributed by atoms with Gasteiger partial charge in [0.05, 0.1) is 29.9 Å². The second-order valence-corrected chi connectivity index (χ2v) is 7.79. The van der Waals surface area contributed by atoms with Crippen molar-refractivity contribution in [3.8, 4) is 0 Å². The summed E-state index contributed by atoms with van der Waals surface area (Å²) in [5.74, 6) is 0. The molecule has 1 aromatic carbocycles. The van der Waals surface area contributed by atoms with Crippen molar-refractivity contribution < 1.29 is 9.47 Å². The smallest absolute Gasteiger partial charge is 0.159 e. The molecule has 3 aromatic rings. The number of nitrogens with zero attached hydrogens (tertiary/aromatic N) is 3. The van der Waals surface area contributed by atoms with Crippen molar-refractivity contribution in [3.63, 3.8) is 0 Å². The van der Waals surface area contributed by atoms with E-state index in [0.29, 0.717) is 13.2 Å². The van der Waals surface area contributed by atoms with Gasteiger partial charge in [0.25, 0.3) is 0 Å². The van der Waals surface area contributed by atoms with Gasteiger partial charge in [-0.1, -0.05) is 24.3 Å². The van der Waals surface area contributed by atoms with E-state index in [9.17, 15) is 0 Å². The normalized spacial score (nSPS) is 16.8. The number of hydrogen-bond donors (Lipinski definition) is 0. The topological polar surface area (TPSA) is 39.5 Å². The highest BCUT2D eigenvalue weighted by molar-refractivity contribution is 5.92. The number of aromatic nitrogens is 2. The number of pyridine rings is 1. The Morgan fingerprint density at radius 3 is 2.62 bits per heavy atom. The number of rotatable bonds is 4. The molecule has 0 N–H and O–H groups in total. The van der Waals surface area contributed by atoms with E-state index in [1.165, 1.54) is 33.6 Å². The Balaban J connectivity index is 0.00000205. The fourth-order valence-electron chi connectivity index (χ4n) is 4.57. The maximum absolute atomic E-state index is 5.66. The first-order valence-corrected chi connectivity index (χ1v) is 10.2. The van der Waals surface area contributed by atoms with Crippen molar-refractivity contribution in [1.29, 1.82) is 0 Å². The number of anilines is 1. The molecule has 29 heavy (non-hydrogen) atoms. The molecule has 0 atom stereocenters. The third-order valence-electron chi connectivity index (χ3n) is 6.23. The molecule has 2 aromatic heterocycles. The molecule has 5 rings (SSSR count). The summed E-state index contributed by atoms with van der Waals surface area (Å²) in [5.41, 5.74) is 9.09. The van der Waals surface area contributed by atoms with Crippen LogP contribution in [0.3, 0.4) is 0 Å². The Labute approximate surface area is 178 Å². The van der Waals surface area contributed by atoms with Crippen LogP contribution in [0.15, 0.2) is 36.5 Å². The first-order valence-electron chi connectivity index (χ1n) is 10.2.